The lowest BCUT2D eigenvalue weighted by atomic mass is 10.1. The largest absolute Gasteiger partial charge is 0.271 e. The van der Waals surface area contributed by atoms with Gasteiger partial charge in [-0.15, -0.1) is 11.8 Å². The lowest BCUT2D eigenvalue weighted by molar-refractivity contribution is 0.608. The first-order valence-electron chi connectivity index (χ1n) is 6.31. The lowest BCUT2D eigenvalue weighted by Crippen LogP contribution is -2.27. The third-order valence-electron chi connectivity index (χ3n) is 3.02. The number of hydrogen-bond acceptors (Lipinski definition) is 3. The zero-order valence-electron chi connectivity index (χ0n) is 11.5. The molecule has 0 atom stereocenters. The Morgan fingerprint density at radius 2 is 1.95 bits per heavy atom. The fraction of sp³-hybridized carbons (Fsp3) is 0.333. The Balaban J connectivity index is 2.43. The minimum Gasteiger partial charge on any atom is -0.267 e. The first-order chi connectivity index (χ1) is 9.13. The summed E-state index contributed by atoms with van der Waals surface area (Å²) in [6.45, 7) is 4.61. The minimum absolute atomic E-state index is 0.0192. The Bertz CT molecular complexity index is 605. The van der Waals surface area contributed by atoms with Gasteiger partial charge in [0.25, 0.3) is 5.56 Å². The summed E-state index contributed by atoms with van der Waals surface area (Å²) in [6.07, 6.45) is 3.77. The molecule has 1 aromatic heterocycles. The van der Waals surface area contributed by atoms with Crippen molar-refractivity contribution in [3.63, 3.8) is 0 Å². The summed E-state index contributed by atoms with van der Waals surface area (Å²) in [5.74, 6) is 0.208. The molecule has 0 spiro atoms. The Hall–Kier alpha value is -1.55. The maximum atomic E-state index is 12.5. The molecule has 4 heteroatoms. The van der Waals surface area contributed by atoms with Gasteiger partial charge in [-0.2, -0.15) is 5.10 Å². The second-order valence-corrected chi connectivity index (χ2v) is 5.58. The van der Waals surface area contributed by atoms with Crippen LogP contribution in [0.25, 0.3) is 0 Å². The molecule has 0 radical (unpaired) electrons. The van der Waals surface area contributed by atoms with Crippen LogP contribution >= 0.6 is 11.8 Å². The monoisotopic (exact) mass is 274 g/mol. The van der Waals surface area contributed by atoms with Crippen LogP contribution in [0.5, 0.6) is 0 Å². The van der Waals surface area contributed by atoms with Crippen LogP contribution in [-0.4, -0.2) is 16.0 Å². The predicted octanol–water partition coefficient (Wildman–Crippen LogP) is 3.14. The van der Waals surface area contributed by atoms with Gasteiger partial charge in [0.15, 0.2) is 0 Å². The van der Waals surface area contributed by atoms with Crippen LogP contribution in [0.1, 0.15) is 30.9 Å². The summed E-state index contributed by atoms with van der Waals surface area (Å²) >= 11 is 1.58. The zero-order valence-corrected chi connectivity index (χ0v) is 12.3. The van der Waals surface area contributed by atoms with E-state index in [0.29, 0.717) is 6.54 Å². The molecule has 0 unspecified atom stereocenters. The zero-order chi connectivity index (χ0) is 13.8. The van der Waals surface area contributed by atoms with Gasteiger partial charge < -0.3 is 0 Å². The van der Waals surface area contributed by atoms with E-state index in [9.17, 15) is 4.79 Å². The van der Waals surface area contributed by atoms with E-state index in [-0.39, 0.29) is 11.5 Å². The van der Waals surface area contributed by atoms with E-state index < -0.39 is 0 Å². The molecule has 0 aliphatic carbocycles. The topological polar surface area (TPSA) is 34.9 Å². The van der Waals surface area contributed by atoms with E-state index in [2.05, 4.69) is 5.10 Å². The average Bonchev–Trinajstić information content (AvgIpc) is 2.41. The average molecular weight is 274 g/mol. The highest BCUT2D eigenvalue weighted by molar-refractivity contribution is 7.98. The summed E-state index contributed by atoms with van der Waals surface area (Å²) in [4.78, 5) is 13.5. The fourth-order valence-electron chi connectivity index (χ4n) is 2.05. The Labute approximate surface area is 117 Å². The molecule has 2 aromatic rings. The molecule has 0 N–H and O–H groups in total. The summed E-state index contributed by atoms with van der Waals surface area (Å²) in [6, 6.07) is 9.92. The van der Waals surface area contributed by atoms with E-state index >= 15 is 0 Å². The third-order valence-corrected chi connectivity index (χ3v) is 3.78. The van der Waals surface area contributed by atoms with E-state index in [1.807, 2.05) is 50.4 Å². The number of rotatable bonds is 4. The van der Waals surface area contributed by atoms with Gasteiger partial charge in [0.1, 0.15) is 0 Å². The standard InChI is InChI=1S/C15H18N2OS/c1-11(2)14-13(19-3)9-16-17(15(14)18)10-12-7-5-4-6-8-12/h4-9,11H,10H2,1-3H3. The summed E-state index contributed by atoms with van der Waals surface area (Å²) in [5.41, 5.74) is 1.97. The summed E-state index contributed by atoms with van der Waals surface area (Å²) < 4.78 is 1.55. The van der Waals surface area contributed by atoms with E-state index in [0.717, 1.165) is 16.0 Å². The normalized spacial score (nSPS) is 10.9. The number of aromatic nitrogens is 2. The van der Waals surface area contributed by atoms with Crippen LogP contribution in [0.4, 0.5) is 0 Å². The fourth-order valence-corrected chi connectivity index (χ4v) is 2.75. The van der Waals surface area contributed by atoms with E-state index in [4.69, 9.17) is 0 Å². The van der Waals surface area contributed by atoms with Crippen molar-refractivity contribution >= 4 is 11.8 Å². The molecule has 0 aliphatic heterocycles. The van der Waals surface area contributed by atoms with Gasteiger partial charge in [-0.3, -0.25) is 4.79 Å². The SMILES string of the molecule is CSc1cnn(Cc2ccccc2)c(=O)c1C(C)C. The highest BCUT2D eigenvalue weighted by Crippen LogP contribution is 2.22. The second kappa shape index (κ2) is 6.06. The molecule has 0 bridgehead atoms. The van der Waals surface area contributed by atoms with Crippen LogP contribution in [0, 0.1) is 0 Å². The van der Waals surface area contributed by atoms with Gasteiger partial charge in [-0.1, -0.05) is 44.2 Å². The Kier molecular flexibility index (Phi) is 4.43. The first kappa shape index (κ1) is 13.9. The van der Waals surface area contributed by atoms with Crippen LogP contribution in [-0.2, 0) is 6.54 Å². The molecule has 0 amide bonds. The Morgan fingerprint density at radius 1 is 1.26 bits per heavy atom. The van der Waals surface area contributed by atoms with Crippen molar-refractivity contribution in [3.8, 4) is 0 Å². The molecule has 0 fully saturated rings. The maximum Gasteiger partial charge on any atom is 0.271 e. The predicted molar refractivity (Wildman–Crippen MR) is 79.9 cm³/mol. The molecule has 3 nitrogen and oxygen atoms in total. The number of benzene rings is 1. The maximum absolute atomic E-state index is 12.5. The van der Waals surface area contributed by atoms with Crippen molar-refractivity contribution in [2.24, 2.45) is 0 Å². The minimum atomic E-state index is 0.0192. The van der Waals surface area contributed by atoms with Gasteiger partial charge >= 0.3 is 0 Å². The van der Waals surface area contributed by atoms with Gasteiger partial charge in [0, 0.05) is 10.5 Å². The summed E-state index contributed by atoms with van der Waals surface area (Å²) in [7, 11) is 0. The number of nitrogens with zero attached hydrogens (tertiary/aromatic N) is 2. The molecule has 0 saturated heterocycles. The quantitative estimate of drug-likeness (QED) is 0.803. The van der Waals surface area contributed by atoms with E-state index in [1.54, 1.807) is 22.6 Å². The van der Waals surface area contributed by atoms with Crippen molar-refractivity contribution in [1.29, 1.82) is 0 Å². The smallest absolute Gasteiger partial charge is 0.267 e. The second-order valence-electron chi connectivity index (χ2n) is 4.73. The molecule has 0 aliphatic rings. The molecular formula is C15H18N2OS. The van der Waals surface area contributed by atoms with Crippen molar-refractivity contribution in [1.82, 2.24) is 9.78 Å². The highest BCUT2D eigenvalue weighted by atomic mass is 32.2. The van der Waals surface area contributed by atoms with Crippen molar-refractivity contribution < 1.29 is 0 Å². The van der Waals surface area contributed by atoms with Crippen LogP contribution in [0.15, 0.2) is 46.2 Å². The third kappa shape index (κ3) is 3.07. The van der Waals surface area contributed by atoms with Crippen LogP contribution in [0.3, 0.4) is 0 Å². The van der Waals surface area contributed by atoms with Gasteiger partial charge in [0.05, 0.1) is 12.7 Å². The van der Waals surface area contributed by atoms with Crippen LogP contribution < -0.4 is 5.56 Å². The molecular weight excluding hydrogens is 256 g/mol. The van der Waals surface area contributed by atoms with Crippen molar-refractivity contribution in [3.05, 3.63) is 58.0 Å². The molecule has 2 rings (SSSR count). The van der Waals surface area contributed by atoms with E-state index in [1.165, 1.54) is 0 Å². The summed E-state index contributed by atoms with van der Waals surface area (Å²) in [5, 5.41) is 4.27. The molecule has 0 saturated carbocycles. The molecule has 100 valence electrons. The molecule has 19 heavy (non-hydrogen) atoms. The molecule has 1 aromatic carbocycles. The number of hydrogen-bond donors (Lipinski definition) is 0. The van der Waals surface area contributed by atoms with Gasteiger partial charge in [0.2, 0.25) is 0 Å². The number of thioether (sulfide) groups is 1. The molecule has 1 heterocycles. The lowest BCUT2D eigenvalue weighted by Gasteiger charge is -2.12. The van der Waals surface area contributed by atoms with Gasteiger partial charge in [-0.25, -0.2) is 4.68 Å². The highest BCUT2D eigenvalue weighted by Gasteiger charge is 2.14. The first-order valence-corrected chi connectivity index (χ1v) is 7.54. The van der Waals surface area contributed by atoms with Crippen molar-refractivity contribution in [2.45, 2.75) is 31.2 Å². The van der Waals surface area contributed by atoms with Gasteiger partial charge in [-0.05, 0) is 17.7 Å². The Morgan fingerprint density at radius 3 is 2.53 bits per heavy atom. The van der Waals surface area contributed by atoms with Crippen molar-refractivity contribution in [2.75, 3.05) is 6.26 Å². The van der Waals surface area contributed by atoms with Crippen LogP contribution in [0.2, 0.25) is 0 Å².